The van der Waals surface area contributed by atoms with Gasteiger partial charge in [0.2, 0.25) is 0 Å². The fourth-order valence-corrected chi connectivity index (χ4v) is 8.25. The van der Waals surface area contributed by atoms with Gasteiger partial charge in [0.15, 0.2) is 0 Å². The summed E-state index contributed by atoms with van der Waals surface area (Å²) in [4.78, 5) is 0. The fourth-order valence-electron chi connectivity index (χ4n) is 8.25. The van der Waals surface area contributed by atoms with E-state index in [0.717, 1.165) is 22.4 Å². The number of nitrogen functional groups attached to an aromatic ring is 1. The number of anilines is 1. The predicted molar refractivity (Wildman–Crippen MR) is 145 cm³/mol. The number of nitrogens with two attached hydrogens (primary N) is 1. The molecular formula is C35H22N2. The molecule has 0 atom stereocenters. The lowest BCUT2D eigenvalue weighted by atomic mass is 9.54. The molecule has 6 aliphatic carbocycles. The van der Waals surface area contributed by atoms with Crippen LogP contribution in [0, 0.1) is 11.3 Å². The van der Waals surface area contributed by atoms with Crippen LogP contribution in [0.5, 0.6) is 0 Å². The number of nitriles is 1. The molecule has 37 heavy (non-hydrogen) atoms. The highest BCUT2D eigenvalue weighted by Crippen LogP contribution is 2.64. The van der Waals surface area contributed by atoms with E-state index in [1.165, 1.54) is 55.6 Å². The summed E-state index contributed by atoms with van der Waals surface area (Å²) in [6, 6.07) is 37.8. The van der Waals surface area contributed by atoms with E-state index in [0.29, 0.717) is 0 Å². The van der Waals surface area contributed by atoms with E-state index in [1.54, 1.807) is 0 Å². The Kier molecular flexibility index (Phi) is 3.48. The van der Waals surface area contributed by atoms with Crippen molar-refractivity contribution in [3.05, 3.63) is 169 Å². The summed E-state index contributed by atoms with van der Waals surface area (Å²) < 4.78 is 0. The molecule has 0 spiro atoms. The van der Waals surface area contributed by atoms with E-state index >= 15 is 0 Å². The van der Waals surface area contributed by atoms with Crippen LogP contribution in [-0.2, 0) is 0 Å². The summed E-state index contributed by atoms with van der Waals surface area (Å²) in [5.74, 6) is 0.160. The molecule has 6 aliphatic rings. The molecule has 11 rings (SSSR count). The van der Waals surface area contributed by atoms with E-state index in [2.05, 4.69) is 103 Å². The molecule has 0 heterocycles. The molecule has 0 aromatic heterocycles. The van der Waals surface area contributed by atoms with Crippen molar-refractivity contribution in [2.75, 3.05) is 5.73 Å². The average Bonchev–Trinajstić information content (AvgIpc) is 2.97. The zero-order valence-electron chi connectivity index (χ0n) is 20.1. The van der Waals surface area contributed by atoms with Crippen LogP contribution < -0.4 is 5.73 Å². The van der Waals surface area contributed by atoms with Crippen LogP contribution in [0.3, 0.4) is 0 Å². The predicted octanol–water partition coefficient (Wildman–Crippen LogP) is 7.11. The Morgan fingerprint density at radius 2 is 0.676 bits per heavy atom. The van der Waals surface area contributed by atoms with Gasteiger partial charge in [-0.2, -0.15) is 5.26 Å². The second kappa shape index (κ2) is 6.58. The van der Waals surface area contributed by atoms with Gasteiger partial charge in [-0.25, -0.2) is 0 Å². The standard InChI is InChI=1S/C35H22N2/c36-17-26-31-27-18-9-1-5-13-22(18)29(23-14-6-2-10-19(23)27)33(31)35(37)34-30-24-15-7-3-11-20(24)28(32(26)34)21-12-4-8-16-25(21)30/h1-16,27-30H,37H2. The Morgan fingerprint density at radius 1 is 0.432 bits per heavy atom. The lowest BCUT2D eigenvalue weighted by Crippen LogP contribution is -2.35. The van der Waals surface area contributed by atoms with Crippen LogP contribution in [-0.4, -0.2) is 0 Å². The molecule has 0 unspecified atom stereocenters. The molecule has 0 saturated carbocycles. The molecule has 2 heteroatoms. The molecule has 172 valence electrons. The van der Waals surface area contributed by atoms with Crippen LogP contribution in [0.1, 0.15) is 96.0 Å². The van der Waals surface area contributed by atoms with Crippen LogP contribution in [0.2, 0.25) is 0 Å². The summed E-state index contributed by atoms with van der Waals surface area (Å²) in [5.41, 5.74) is 24.3. The first-order valence-electron chi connectivity index (χ1n) is 13.0. The molecule has 2 nitrogen and oxygen atoms in total. The van der Waals surface area contributed by atoms with Gasteiger partial charge in [0.05, 0.1) is 11.6 Å². The van der Waals surface area contributed by atoms with E-state index in [1.807, 2.05) is 0 Å². The van der Waals surface area contributed by atoms with Crippen LogP contribution in [0.15, 0.2) is 97.1 Å². The van der Waals surface area contributed by atoms with Crippen molar-refractivity contribution in [1.82, 2.24) is 0 Å². The van der Waals surface area contributed by atoms with Crippen molar-refractivity contribution >= 4 is 5.69 Å². The maximum absolute atomic E-state index is 10.9. The zero-order valence-corrected chi connectivity index (χ0v) is 20.1. The number of benzene rings is 5. The fraction of sp³-hybridized carbons (Fsp3) is 0.114. The third kappa shape index (κ3) is 2.11. The smallest absolute Gasteiger partial charge is 0.0998 e. The van der Waals surface area contributed by atoms with Crippen molar-refractivity contribution in [1.29, 1.82) is 5.26 Å². The summed E-state index contributed by atoms with van der Waals surface area (Å²) in [6.07, 6.45) is 0. The normalized spacial score (nSPS) is 22.1. The van der Waals surface area contributed by atoms with Gasteiger partial charge in [-0.1, -0.05) is 97.1 Å². The highest BCUT2D eigenvalue weighted by atomic mass is 14.6. The van der Waals surface area contributed by atoms with Gasteiger partial charge in [-0.05, 0) is 66.8 Å². The first-order chi connectivity index (χ1) is 18.3. The topological polar surface area (TPSA) is 49.8 Å². The first kappa shape index (κ1) is 19.6. The van der Waals surface area contributed by atoms with Gasteiger partial charge in [-0.3, -0.25) is 0 Å². The van der Waals surface area contributed by atoms with Crippen molar-refractivity contribution < 1.29 is 0 Å². The number of rotatable bonds is 0. The Labute approximate surface area is 215 Å². The van der Waals surface area contributed by atoms with Gasteiger partial charge in [0, 0.05) is 29.4 Å². The Balaban J connectivity index is 1.46. The molecular weight excluding hydrogens is 448 g/mol. The third-order valence-corrected chi connectivity index (χ3v) is 9.44. The third-order valence-electron chi connectivity index (χ3n) is 9.44. The molecule has 0 radical (unpaired) electrons. The second-order valence-corrected chi connectivity index (χ2v) is 10.8. The maximum atomic E-state index is 10.9. The summed E-state index contributed by atoms with van der Waals surface area (Å²) in [6.45, 7) is 0. The zero-order chi connectivity index (χ0) is 24.4. The minimum absolute atomic E-state index is 0.0283. The monoisotopic (exact) mass is 470 g/mol. The molecule has 5 aromatic rings. The van der Waals surface area contributed by atoms with Crippen LogP contribution in [0.4, 0.5) is 5.69 Å². The first-order valence-corrected chi connectivity index (χ1v) is 13.0. The van der Waals surface area contributed by atoms with Crippen LogP contribution >= 0.6 is 0 Å². The van der Waals surface area contributed by atoms with Crippen molar-refractivity contribution in [3.63, 3.8) is 0 Å². The minimum atomic E-state index is 0.0283. The average molecular weight is 471 g/mol. The molecule has 0 amide bonds. The molecule has 0 saturated heterocycles. The minimum Gasteiger partial charge on any atom is -0.398 e. The Hall–Kier alpha value is -4.61. The van der Waals surface area contributed by atoms with Crippen molar-refractivity contribution in [2.45, 2.75) is 23.7 Å². The number of hydrogen-bond acceptors (Lipinski definition) is 2. The van der Waals surface area contributed by atoms with Gasteiger partial charge >= 0.3 is 0 Å². The van der Waals surface area contributed by atoms with E-state index in [9.17, 15) is 5.26 Å². The maximum Gasteiger partial charge on any atom is 0.0998 e. The summed E-state index contributed by atoms with van der Waals surface area (Å²) in [5, 5.41) is 10.9. The highest BCUT2D eigenvalue weighted by molar-refractivity contribution is 5.84. The van der Waals surface area contributed by atoms with Crippen molar-refractivity contribution in [3.8, 4) is 6.07 Å². The quantitative estimate of drug-likeness (QED) is 0.240. The van der Waals surface area contributed by atoms with Gasteiger partial charge < -0.3 is 5.73 Å². The Bertz CT molecular complexity index is 1670. The SMILES string of the molecule is N#Cc1c2c(c(N)c3c1C1c4ccccc4C3c3ccccc31)C1c3ccccc3C2c2ccccc21. The number of hydrogen-bond donors (Lipinski definition) is 1. The molecule has 4 bridgehead atoms. The summed E-state index contributed by atoms with van der Waals surface area (Å²) in [7, 11) is 0. The molecule has 2 N–H and O–H groups in total. The molecule has 5 aromatic carbocycles. The van der Waals surface area contributed by atoms with Gasteiger partial charge in [0.1, 0.15) is 0 Å². The summed E-state index contributed by atoms with van der Waals surface area (Å²) >= 11 is 0. The van der Waals surface area contributed by atoms with Gasteiger partial charge in [-0.15, -0.1) is 0 Å². The second-order valence-electron chi connectivity index (χ2n) is 10.8. The lowest BCUT2D eigenvalue weighted by Gasteiger charge is -2.48. The van der Waals surface area contributed by atoms with E-state index in [-0.39, 0.29) is 23.7 Å². The lowest BCUT2D eigenvalue weighted by molar-refractivity contribution is 0.717. The molecule has 0 aliphatic heterocycles. The van der Waals surface area contributed by atoms with E-state index < -0.39 is 0 Å². The number of nitrogens with zero attached hydrogens (tertiary/aromatic N) is 1. The molecule has 0 fully saturated rings. The Morgan fingerprint density at radius 3 is 0.919 bits per heavy atom. The highest BCUT2D eigenvalue weighted by Gasteiger charge is 2.50. The van der Waals surface area contributed by atoms with Gasteiger partial charge in [0.25, 0.3) is 0 Å². The van der Waals surface area contributed by atoms with Crippen LogP contribution in [0.25, 0.3) is 0 Å². The largest absolute Gasteiger partial charge is 0.398 e. The van der Waals surface area contributed by atoms with Crippen molar-refractivity contribution in [2.24, 2.45) is 0 Å². The van der Waals surface area contributed by atoms with E-state index in [4.69, 9.17) is 5.73 Å².